The molecule has 4 nitrogen and oxygen atoms in total. The van der Waals surface area contributed by atoms with Crippen LogP contribution in [0.25, 0.3) is 44.6 Å². The Balaban J connectivity index is 1.82. The molecule has 5 rings (SSSR count). The second kappa shape index (κ2) is 4.18. The van der Waals surface area contributed by atoms with Crippen LogP contribution in [0.15, 0.2) is 69.6 Å². The molecule has 0 amide bonds. The monoisotopic (exact) mass is 286 g/mol. The summed E-state index contributed by atoms with van der Waals surface area (Å²) >= 11 is 0. The van der Waals surface area contributed by atoms with Gasteiger partial charge >= 0.3 is 5.78 Å². The third-order valence-corrected chi connectivity index (χ3v) is 3.81. The molecule has 0 spiro atoms. The van der Waals surface area contributed by atoms with E-state index in [0.29, 0.717) is 17.3 Å². The van der Waals surface area contributed by atoms with Crippen molar-refractivity contribution in [1.82, 2.24) is 9.97 Å². The van der Waals surface area contributed by atoms with Crippen LogP contribution >= 0.6 is 0 Å². The number of rotatable bonds is 1. The quantitative estimate of drug-likeness (QED) is 0.444. The van der Waals surface area contributed by atoms with Crippen LogP contribution in [0.2, 0.25) is 0 Å². The SMILES string of the molecule is c1ccc(-c2ncc3c(n2)oc2oc4ccccc4c23)cc1. The van der Waals surface area contributed by atoms with Crippen molar-refractivity contribution in [2.24, 2.45) is 0 Å². The Morgan fingerprint density at radius 2 is 1.59 bits per heavy atom. The third kappa shape index (κ3) is 1.52. The Bertz CT molecular complexity index is 1120. The number of hydrogen-bond donors (Lipinski definition) is 0. The lowest BCUT2D eigenvalue weighted by molar-refractivity contribution is 0.519. The number of benzene rings is 2. The molecule has 0 bridgehead atoms. The number of para-hydroxylation sites is 1. The van der Waals surface area contributed by atoms with Crippen molar-refractivity contribution in [3.63, 3.8) is 0 Å². The summed E-state index contributed by atoms with van der Waals surface area (Å²) in [5.41, 5.74) is 2.32. The number of fused-ring (bicyclic) bond motifs is 5. The molecular weight excluding hydrogens is 276 g/mol. The second-order valence-electron chi connectivity index (χ2n) is 5.14. The van der Waals surface area contributed by atoms with Crippen LogP contribution < -0.4 is 0 Å². The average molecular weight is 286 g/mol. The van der Waals surface area contributed by atoms with Crippen molar-refractivity contribution in [3.8, 4) is 11.4 Å². The fourth-order valence-corrected chi connectivity index (χ4v) is 2.78. The predicted molar refractivity (Wildman–Crippen MR) is 84.5 cm³/mol. The standard InChI is InChI=1S/C18H10N2O2/c1-2-6-11(7-3-1)16-19-10-13-15-12-8-4-5-9-14(12)21-18(15)22-17(13)20-16/h1-10H. The van der Waals surface area contributed by atoms with Gasteiger partial charge in [-0.25, -0.2) is 4.98 Å². The molecule has 2 aromatic carbocycles. The first-order valence-electron chi connectivity index (χ1n) is 7.02. The highest BCUT2D eigenvalue weighted by Crippen LogP contribution is 2.36. The Morgan fingerprint density at radius 1 is 0.773 bits per heavy atom. The second-order valence-corrected chi connectivity index (χ2v) is 5.14. The largest absolute Gasteiger partial charge is 0.425 e. The van der Waals surface area contributed by atoms with E-state index in [1.165, 1.54) is 0 Å². The highest BCUT2D eigenvalue weighted by molar-refractivity contribution is 6.16. The van der Waals surface area contributed by atoms with E-state index in [9.17, 15) is 0 Å². The van der Waals surface area contributed by atoms with E-state index in [1.54, 1.807) is 6.20 Å². The molecule has 0 saturated heterocycles. The van der Waals surface area contributed by atoms with Gasteiger partial charge in [-0.1, -0.05) is 48.5 Å². The van der Waals surface area contributed by atoms with E-state index in [4.69, 9.17) is 8.83 Å². The fraction of sp³-hybridized carbons (Fsp3) is 0. The maximum Gasteiger partial charge on any atom is 0.300 e. The summed E-state index contributed by atoms with van der Waals surface area (Å²) in [4.78, 5) is 9.00. The van der Waals surface area contributed by atoms with E-state index in [-0.39, 0.29) is 0 Å². The first-order valence-corrected chi connectivity index (χ1v) is 7.02. The molecule has 4 heteroatoms. The van der Waals surface area contributed by atoms with Crippen molar-refractivity contribution in [3.05, 3.63) is 60.8 Å². The first-order chi connectivity index (χ1) is 10.9. The van der Waals surface area contributed by atoms with Crippen molar-refractivity contribution < 1.29 is 8.83 Å². The molecule has 0 unspecified atom stereocenters. The van der Waals surface area contributed by atoms with E-state index in [1.807, 2.05) is 54.6 Å². The molecule has 0 saturated carbocycles. The molecule has 5 aromatic rings. The smallest absolute Gasteiger partial charge is 0.300 e. The lowest BCUT2D eigenvalue weighted by Gasteiger charge is -1.98. The fourth-order valence-electron chi connectivity index (χ4n) is 2.78. The van der Waals surface area contributed by atoms with Gasteiger partial charge in [-0.05, 0) is 6.07 Å². The molecule has 0 aliphatic carbocycles. The number of hydrogen-bond acceptors (Lipinski definition) is 4. The highest BCUT2D eigenvalue weighted by Gasteiger charge is 2.17. The molecule has 0 N–H and O–H groups in total. The zero-order valence-corrected chi connectivity index (χ0v) is 11.5. The van der Waals surface area contributed by atoms with Gasteiger partial charge in [0.25, 0.3) is 0 Å². The van der Waals surface area contributed by atoms with E-state index in [0.717, 1.165) is 27.3 Å². The Kier molecular flexibility index (Phi) is 2.19. The molecule has 0 aliphatic rings. The molecule has 22 heavy (non-hydrogen) atoms. The molecule has 0 radical (unpaired) electrons. The van der Waals surface area contributed by atoms with Gasteiger partial charge in [-0.3, -0.25) is 0 Å². The first kappa shape index (κ1) is 11.5. The predicted octanol–water partition coefficient (Wildman–Crippen LogP) is 4.79. The summed E-state index contributed by atoms with van der Waals surface area (Å²) < 4.78 is 11.5. The maximum absolute atomic E-state index is 5.78. The molecule has 3 aromatic heterocycles. The summed E-state index contributed by atoms with van der Waals surface area (Å²) in [5.74, 6) is 1.14. The summed E-state index contributed by atoms with van der Waals surface area (Å²) in [6.45, 7) is 0. The van der Waals surface area contributed by atoms with E-state index < -0.39 is 0 Å². The summed E-state index contributed by atoms with van der Waals surface area (Å²) in [6, 6.07) is 17.7. The van der Waals surface area contributed by atoms with Gasteiger partial charge in [0.1, 0.15) is 5.58 Å². The van der Waals surface area contributed by atoms with Gasteiger partial charge in [0.2, 0.25) is 5.71 Å². The summed E-state index contributed by atoms with van der Waals surface area (Å²) in [6.07, 6.45) is 1.80. The summed E-state index contributed by atoms with van der Waals surface area (Å²) in [5, 5.41) is 2.83. The number of nitrogens with zero attached hydrogens (tertiary/aromatic N) is 2. The normalized spacial score (nSPS) is 11.6. The van der Waals surface area contributed by atoms with Crippen molar-refractivity contribution in [2.45, 2.75) is 0 Å². The molecule has 3 heterocycles. The Morgan fingerprint density at radius 3 is 2.50 bits per heavy atom. The van der Waals surface area contributed by atoms with Crippen LogP contribution in [0.4, 0.5) is 0 Å². The van der Waals surface area contributed by atoms with Crippen molar-refractivity contribution in [1.29, 1.82) is 0 Å². The van der Waals surface area contributed by atoms with Gasteiger partial charge in [-0.15, -0.1) is 0 Å². The summed E-state index contributed by atoms with van der Waals surface area (Å²) in [7, 11) is 0. The minimum atomic E-state index is 0.496. The molecule has 0 aliphatic heterocycles. The van der Waals surface area contributed by atoms with Gasteiger partial charge in [0.05, 0.1) is 10.8 Å². The zero-order chi connectivity index (χ0) is 14.5. The highest BCUT2D eigenvalue weighted by atomic mass is 16.5. The zero-order valence-electron chi connectivity index (χ0n) is 11.5. The Labute approximate surface area is 125 Å². The Hall–Kier alpha value is -3.14. The van der Waals surface area contributed by atoms with Gasteiger partial charge in [-0.2, -0.15) is 4.98 Å². The average Bonchev–Trinajstić information content (AvgIpc) is 3.10. The van der Waals surface area contributed by atoms with Crippen LogP contribution in [0.1, 0.15) is 0 Å². The van der Waals surface area contributed by atoms with Gasteiger partial charge < -0.3 is 8.83 Å². The number of aromatic nitrogens is 2. The minimum absolute atomic E-state index is 0.496. The van der Waals surface area contributed by atoms with E-state index >= 15 is 0 Å². The van der Waals surface area contributed by atoms with Gasteiger partial charge in [0, 0.05) is 17.1 Å². The van der Waals surface area contributed by atoms with Gasteiger partial charge in [0.15, 0.2) is 5.82 Å². The maximum atomic E-state index is 5.78. The van der Waals surface area contributed by atoms with Crippen LogP contribution in [-0.4, -0.2) is 9.97 Å². The lowest BCUT2D eigenvalue weighted by Crippen LogP contribution is -1.87. The minimum Gasteiger partial charge on any atom is -0.425 e. The molecule has 104 valence electrons. The van der Waals surface area contributed by atoms with E-state index in [2.05, 4.69) is 9.97 Å². The van der Waals surface area contributed by atoms with Crippen LogP contribution in [0.5, 0.6) is 0 Å². The molecule has 0 fully saturated rings. The topological polar surface area (TPSA) is 52.1 Å². The van der Waals surface area contributed by atoms with Crippen LogP contribution in [-0.2, 0) is 0 Å². The van der Waals surface area contributed by atoms with Crippen LogP contribution in [0, 0.1) is 0 Å². The molecular formula is C18H10N2O2. The number of furan rings is 2. The third-order valence-electron chi connectivity index (χ3n) is 3.81. The van der Waals surface area contributed by atoms with Crippen molar-refractivity contribution in [2.75, 3.05) is 0 Å². The van der Waals surface area contributed by atoms with Crippen molar-refractivity contribution >= 4 is 33.2 Å². The lowest BCUT2D eigenvalue weighted by atomic mass is 10.1. The van der Waals surface area contributed by atoms with Crippen LogP contribution in [0.3, 0.4) is 0 Å². The molecule has 0 atom stereocenters.